The molecule has 5 rings (SSSR count). The lowest BCUT2D eigenvalue weighted by molar-refractivity contribution is -0.133. The van der Waals surface area contributed by atoms with Crippen LogP contribution >= 0.6 is 11.8 Å². The summed E-state index contributed by atoms with van der Waals surface area (Å²) in [5, 5.41) is 10.00. The summed E-state index contributed by atoms with van der Waals surface area (Å²) in [5.74, 6) is 2.63. The quantitative estimate of drug-likeness (QED) is 0.160. The minimum atomic E-state index is -0.0410. The molecule has 1 aliphatic heterocycles. The first-order valence-corrected chi connectivity index (χ1v) is 15.8. The van der Waals surface area contributed by atoms with E-state index in [1.807, 2.05) is 47.1 Å². The minimum absolute atomic E-state index is 0.00949. The summed E-state index contributed by atoms with van der Waals surface area (Å²) in [6, 6.07) is 25.8. The normalized spacial score (nSPS) is 15.0. The lowest BCUT2D eigenvalue weighted by Gasteiger charge is -2.40. The molecular formula is C34H39N5O3S. The van der Waals surface area contributed by atoms with Crippen molar-refractivity contribution in [2.75, 3.05) is 32.5 Å². The van der Waals surface area contributed by atoms with Crippen LogP contribution in [0.3, 0.4) is 0 Å². The van der Waals surface area contributed by atoms with Gasteiger partial charge in [-0.1, -0.05) is 60.3 Å². The maximum Gasteiger partial charge on any atom is 0.254 e. The van der Waals surface area contributed by atoms with Gasteiger partial charge in [0.05, 0.1) is 12.8 Å². The second-order valence-corrected chi connectivity index (χ2v) is 12.0. The van der Waals surface area contributed by atoms with Gasteiger partial charge in [-0.3, -0.25) is 14.2 Å². The largest absolute Gasteiger partial charge is 0.497 e. The van der Waals surface area contributed by atoms with Crippen LogP contribution in [0, 0.1) is 6.92 Å². The van der Waals surface area contributed by atoms with E-state index in [1.54, 1.807) is 43.1 Å². The zero-order valence-corrected chi connectivity index (χ0v) is 25.9. The molecular weight excluding hydrogens is 558 g/mol. The van der Waals surface area contributed by atoms with Crippen LogP contribution in [-0.2, 0) is 11.2 Å². The van der Waals surface area contributed by atoms with E-state index in [-0.39, 0.29) is 17.9 Å². The van der Waals surface area contributed by atoms with Gasteiger partial charge in [0.15, 0.2) is 5.16 Å². The predicted molar refractivity (Wildman–Crippen MR) is 170 cm³/mol. The number of piperazine rings is 1. The number of nitrogens with zero attached hydrogens (tertiary/aromatic N) is 5. The van der Waals surface area contributed by atoms with Gasteiger partial charge in [-0.05, 0) is 68.1 Å². The highest BCUT2D eigenvalue weighted by atomic mass is 32.2. The van der Waals surface area contributed by atoms with Crippen molar-refractivity contribution in [3.05, 3.63) is 101 Å². The molecule has 43 heavy (non-hydrogen) atoms. The van der Waals surface area contributed by atoms with Gasteiger partial charge in [0, 0.05) is 49.8 Å². The Morgan fingerprint density at radius 1 is 0.930 bits per heavy atom. The van der Waals surface area contributed by atoms with Crippen LogP contribution in [0.1, 0.15) is 53.5 Å². The Hall–Kier alpha value is -4.11. The number of para-hydroxylation sites is 1. The van der Waals surface area contributed by atoms with Crippen LogP contribution in [0.4, 0.5) is 0 Å². The molecule has 8 nitrogen and oxygen atoms in total. The fourth-order valence-corrected chi connectivity index (χ4v) is 6.39. The van der Waals surface area contributed by atoms with Crippen molar-refractivity contribution >= 4 is 23.6 Å². The molecule has 0 spiro atoms. The standard InChI is InChI=1S/C34H39N5O3S/c1-25-11-7-8-14-30(25)39-31(23-27-12-5-4-6-13-27)35-36-34(39)43-22-10-9-15-32(40)37-20-21-38(26(2)24-37)33(41)28-16-18-29(42-3)19-17-28/h4-8,11-14,16-19,26H,9-10,15,20-24H2,1-3H3. The summed E-state index contributed by atoms with van der Waals surface area (Å²) >= 11 is 1.69. The molecule has 0 bridgehead atoms. The zero-order valence-electron chi connectivity index (χ0n) is 25.1. The van der Waals surface area contributed by atoms with Gasteiger partial charge in [-0.2, -0.15) is 0 Å². The Morgan fingerprint density at radius 2 is 1.67 bits per heavy atom. The number of hydrogen-bond acceptors (Lipinski definition) is 6. The molecule has 0 saturated carbocycles. The van der Waals surface area contributed by atoms with Crippen LogP contribution in [0.15, 0.2) is 84.0 Å². The summed E-state index contributed by atoms with van der Waals surface area (Å²) in [4.78, 5) is 29.8. The number of carbonyl (C=O) groups is 2. The molecule has 2 heterocycles. The highest BCUT2D eigenvalue weighted by Crippen LogP contribution is 2.26. The smallest absolute Gasteiger partial charge is 0.254 e. The molecule has 2 amide bonds. The second kappa shape index (κ2) is 14.4. The van der Waals surface area contributed by atoms with E-state index in [9.17, 15) is 9.59 Å². The van der Waals surface area contributed by atoms with Crippen LogP contribution in [0.25, 0.3) is 5.69 Å². The Kier molecular flexibility index (Phi) is 10.1. The summed E-state index contributed by atoms with van der Waals surface area (Å²) in [5.41, 5.74) is 4.09. The Bertz CT molecular complexity index is 1520. The van der Waals surface area contributed by atoms with Gasteiger partial charge in [0.25, 0.3) is 5.91 Å². The van der Waals surface area contributed by atoms with Crippen molar-refractivity contribution < 1.29 is 14.3 Å². The van der Waals surface area contributed by atoms with Crippen LogP contribution in [0.2, 0.25) is 0 Å². The molecule has 1 aliphatic rings. The van der Waals surface area contributed by atoms with Crippen molar-refractivity contribution in [1.29, 1.82) is 0 Å². The van der Waals surface area contributed by atoms with E-state index in [1.165, 1.54) is 11.1 Å². The summed E-state index contributed by atoms with van der Waals surface area (Å²) in [7, 11) is 1.61. The molecule has 1 aromatic heterocycles. The molecule has 0 N–H and O–H groups in total. The Morgan fingerprint density at radius 3 is 2.40 bits per heavy atom. The molecule has 224 valence electrons. The third-order valence-electron chi connectivity index (χ3n) is 7.86. The van der Waals surface area contributed by atoms with Gasteiger partial charge in [0.1, 0.15) is 11.6 Å². The van der Waals surface area contributed by atoms with Gasteiger partial charge in [-0.15, -0.1) is 10.2 Å². The van der Waals surface area contributed by atoms with E-state index in [2.05, 4.69) is 46.0 Å². The van der Waals surface area contributed by atoms with Gasteiger partial charge in [-0.25, -0.2) is 0 Å². The van der Waals surface area contributed by atoms with Gasteiger partial charge in [0.2, 0.25) is 5.91 Å². The number of unbranched alkanes of at least 4 members (excludes halogenated alkanes) is 1. The number of aromatic nitrogens is 3. The predicted octanol–water partition coefficient (Wildman–Crippen LogP) is 5.81. The van der Waals surface area contributed by atoms with E-state index < -0.39 is 0 Å². The number of benzene rings is 3. The van der Waals surface area contributed by atoms with E-state index in [4.69, 9.17) is 4.74 Å². The van der Waals surface area contributed by atoms with E-state index >= 15 is 0 Å². The number of ether oxygens (including phenoxy) is 1. The molecule has 0 radical (unpaired) electrons. The first-order chi connectivity index (χ1) is 20.9. The summed E-state index contributed by atoms with van der Waals surface area (Å²) < 4.78 is 7.37. The number of rotatable bonds is 11. The summed E-state index contributed by atoms with van der Waals surface area (Å²) in [6.07, 6.45) is 2.91. The van der Waals surface area contributed by atoms with Crippen molar-refractivity contribution in [1.82, 2.24) is 24.6 Å². The Balaban J connectivity index is 1.12. The number of aryl methyl sites for hydroxylation is 1. The number of carbonyl (C=O) groups excluding carboxylic acids is 2. The fraction of sp³-hybridized carbons (Fsp3) is 0.353. The highest BCUT2D eigenvalue weighted by Gasteiger charge is 2.30. The van der Waals surface area contributed by atoms with Crippen molar-refractivity contribution in [2.24, 2.45) is 0 Å². The van der Waals surface area contributed by atoms with Crippen molar-refractivity contribution in [3.63, 3.8) is 0 Å². The molecule has 4 aromatic rings. The SMILES string of the molecule is COc1ccc(C(=O)N2CCN(C(=O)CCCCSc3nnc(Cc4ccccc4)n3-c3ccccc3C)CC2C)cc1. The van der Waals surface area contributed by atoms with Crippen LogP contribution < -0.4 is 4.74 Å². The lowest BCUT2D eigenvalue weighted by atomic mass is 10.1. The Labute approximate surface area is 258 Å². The number of amides is 2. The first kappa shape index (κ1) is 30.4. The van der Waals surface area contributed by atoms with Crippen molar-refractivity contribution in [2.45, 2.75) is 50.7 Å². The monoisotopic (exact) mass is 597 g/mol. The average Bonchev–Trinajstić information content (AvgIpc) is 3.42. The topological polar surface area (TPSA) is 80.6 Å². The third kappa shape index (κ3) is 7.46. The molecule has 1 saturated heterocycles. The summed E-state index contributed by atoms with van der Waals surface area (Å²) in [6.45, 7) is 5.77. The third-order valence-corrected chi connectivity index (χ3v) is 8.87. The minimum Gasteiger partial charge on any atom is -0.497 e. The number of thioether (sulfide) groups is 1. The zero-order chi connectivity index (χ0) is 30.2. The molecule has 9 heteroatoms. The van der Waals surface area contributed by atoms with E-state index in [0.717, 1.165) is 41.0 Å². The fourth-order valence-electron chi connectivity index (χ4n) is 5.43. The molecule has 3 aromatic carbocycles. The second-order valence-electron chi connectivity index (χ2n) is 10.9. The molecule has 1 unspecified atom stereocenters. The van der Waals surface area contributed by atoms with Gasteiger partial charge < -0.3 is 14.5 Å². The van der Waals surface area contributed by atoms with E-state index in [0.29, 0.717) is 38.0 Å². The molecule has 1 atom stereocenters. The number of hydrogen-bond donors (Lipinski definition) is 0. The number of methoxy groups -OCH3 is 1. The molecule has 0 aliphatic carbocycles. The maximum absolute atomic E-state index is 13.0. The molecule has 1 fully saturated rings. The highest BCUT2D eigenvalue weighted by molar-refractivity contribution is 7.99. The average molecular weight is 598 g/mol. The van der Waals surface area contributed by atoms with Crippen molar-refractivity contribution in [3.8, 4) is 11.4 Å². The van der Waals surface area contributed by atoms with Crippen LogP contribution in [-0.4, -0.2) is 74.9 Å². The van der Waals surface area contributed by atoms with Crippen LogP contribution in [0.5, 0.6) is 5.75 Å². The maximum atomic E-state index is 13.0. The first-order valence-electron chi connectivity index (χ1n) is 14.8. The lowest BCUT2D eigenvalue weighted by Crippen LogP contribution is -2.55. The van der Waals surface area contributed by atoms with Gasteiger partial charge >= 0.3 is 0 Å².